The first-order valence-corrected chi connectivity index (χ1v) is 11.0. The molecule has 3 aromatic rings. The van der Waals surface area contributed by atoms with Gasteiger partial charge in [-0.3, -0.25) is 0 Å². The summed E-state index contributed by atoms with van der Waals surface area (Å²) in [5.74, 6) is 1.05. The second-order valence-corrected chi connectivity index (χ2v) is 8.84. The number of methoxy groups -OCH3 is 1. The van der Waals surface area contributed by atoms with Crippen LogP contribution in [0.1, 0.15) is 22.9 Å². The number of ether oxygens (including phenoxy) is 1. The molecule has 1 aliphatic rings. The molecule has 152 valence electrons. The lowest BCUT2D eigenvalue weighted by atomic mass is 10.1. The minimum atomic E-state index is -3.76. The lowest BCUT2D eigenvalue weighted by molar-refractivity contribution is 0.401. The van der Waals surface area contributed by atoms with Crippen molar-refractivity contribution >= 4 is 15.7 Å². The van der Waals surface area contributed by atoms with Crippen LogP contribution in [0, 0.1) is 6.92 Å². The minimum absolute atomic E-state index is 0.139. The summed E-state index contributed by atoms with van der Waals surface area (Å²) in [6.07, 6.45) is 2.54. The summed E-state index contributed by atoms with van der Waals surface area (Å²) < 4.78 is 39.8. The predicted octanol–water partition coefficient (Wildman–Crippen LogP) is 3.68. The highest BCUT2D eigenvalue weighted by Crippen LogP contribution is 2.35. The number of anilines is 1. The van der Waals surface area contributed by atoms with Crippen molar-refractivity contribution in [3.05, 3.63) is 77.7 Å². The van der Waals surface area contributed by atoms with Crippen LogP contribution in [0.4, 0.5) is 5.69 Å². The van der Waals surface area contributed by atoms with E-state index in [4.69, 9.17) is 9.15 Å². The van der Waals surface area contributed by atoms with Crippen molar-refractivity contribution in [3.63, 3.8) is 0 Å². The second kappa shape index (κ2) is 7.93. The Balaban J connectivity index is 1.63. The van der Waals surface area contributed by atoms with Gasteiger partial charge in [-0.15, -0.1) is 0 Å². The van der Waals surface area contributed by atoms with Gasteiger partial charge in [0.05, 0.1) is 13.4 Å². The molecule has 0 aliphatic carbocycles. The summed E-state index contributed by atoms with van der Waals surface area (Å²) in [7, 11) is -2.29. The van der Waals surface area contributed by atoms with Gasteiger partial charge in [-0.05, 0) is 54.8 Å². The fourth-order valence-corrected chi connectivity index (χ4v) is 5.08. The van der Waals surface area contributed by atoms with Crippen molar-refractivity contribution in [2.24, 2.45) is 0 Å². The molecule has 2 heterocycles. The number of sulfonamides is 1. The standard InChI is InChI=1S/C22H24N2O4S/c1-16-9-10-21(27-2)22(14-16)29(25,26)23-15-19(20-8-5-13-28-20)24-12-11-17-6-3-4-7-18(17)24/h3-10,13-14,19,23H,11-12,15H2,1-2H3/t19-/m1/s1. The minimum Gasteiger partial charge on any atom is -0.495 e. The molecule has 29 heavy (non-hydrogen) atoms. The molecule has 0 saturated carbocycles. The molecule has 0 bridgehead atoms. The van der Waals surface area contributed by atoms with Gasteiger partial charge in [0.1, 0.15) is 22.4 Å². The van der Waals surface area contributed by atoms with Crippen molar-refractivity contribution in [1.82, 2.24) is 4.72 Å². The fraction of sp³-hybridized carbons (Fsp3) is 0.273. The molecule has 1 aliphatic heterocycles. The lowest BCUT2D eigenvalue weighted by Gasteiger charge is -2.29. The van der Waals surface area contributed by atoms with Gasteiger partial charge in [0.2, 0.25) is 10.0 Å². The Bertz CT molecular complexity index is 1090. The number of aryl methyl sites for hydroxylation is 1. The highest BCUT2D eigenvalue weighted by molar-refractivity contribution is 7.89. The van der Waals surface area contributed by atoms with Crippen molar-refractivity contribution in [2.75, 3.05) is 25.1 Å². The first-order valence-electron chi connectivity index (χ1n) is 9.52. The highest BCUT2D eigenvalue weighted by Gasteiger charge is 2.30. The van der Waals surface area contributed by atoms with Gasteiger partial charge < -0.3 is 14.1 Å². The smallest absolute Gasteiger partial charge is 0.244 e. The van der Waals surface area contributed by atoms with Gasteiger partial charge in [0, 0.05) is 18.8 Å². The maximum Gasteiger partial charge on any atom is 0.244 e. The van der Waals surface area contributed by atoms with Crippen molar-refractivity contribution in [1.29, 1.82) is 0 Å². The third-order valence-corrected chi connectivity index (χ3v) is 6.69. The molecule has 1 atom stereocenters. The number of fused-ring (bicyclic) bond motifs is 1. The van der Waals surface area contributed by atoms with Crippen molar-refractivity contribution in [3.8, 4) is 5.75 Å². The quantitative estimate of drug-likeness (QED) is 0.641. The number of benzene rings is 2. The molecule has 0 spiro atoms. The zero-order valence-corrected chi connectivity index (χ0v) is 17.3. The highest BCUT2D eigenvalue weighted by atomic mass is 32.2. The molecular formula is C22H24N2O4S. The molecular weight excluding hydrogens is 388 g/mol. The van der Waals surface area contributed by atoms with E-state index in [-0.39, 0.29) is 17.5 Å². The van der Waals surface area contributed by atoms with Crippen LogP contribution in [0.3, 0.4) is 0 Å². The Kier molecular flexibility index (Phi) is 5.34. The summed E-state index contributed by atoms with van der Waals surface area (Å²) in [4.78, 5) is 2.34. The summed E-state index contributed by atoms with van der Waals surface area (Å²) in [5.41, 5.74) is 3.22. The summed E-state index contributed by atoms with van der Waals surface area (Å²) in [5, 5.41) is 0. The lowest BCUT2D eigenvalue weighted by Crippen LogP contribution is -2.37. The summed E-state index contributed by atoms with van der Waals surface area (Å²) >= 11 is 0. The molecule has 2 aromatic carbocycles. The van der Waals surface area contributed by atoms with E-state index < -0.39 is 10.0 Å². The van der Waals surface area contributed by atoms with Crippen molar-refractivity contribution < 1.29 is 17.6 Å². The van der Waals surface area contributed by atoms with Gasteiger partial charge in [0.15, 0.2) is 0 Å². The average Bonchev–Trinajstić information content (AvgIpc) is 3.39. The van der Waals surface area contributed by atoms with Crippen LogP contribution in [0.25, 0.3) is 0 Å². The first kappa shape index (κ1) is 19.5. The molecule has 4 rings (SSSR count). The Hall–Kier alpha value is -2.77. The Labute approximate surface area is 171 Å². The van der Waals surface area contributed by atoms with E-state index in [0.717, 1.165) is 30.0 Å². The van der Waals surface area contributed by atoms with Gasteiger partial charge in [-0.2, -0.15) is 0 Å². The van der Waals surface area contributed by atoms with Gasteiger partial charge in [-0.25, -0.2) is 13.1 Å². The first-order chi connectivity index (χ1) is 14.0. The van der Waals surface area contributed by atoms with E-state index in [0.29, 0.717) is 5.75 Å². The Morgan fingerprint density at radius 3 is 2.76 bits per heavy atom. The molecule has 0 radical (unpaired) electrons. The van der Waals surface area contributed by atoms with E-state index in [1.165, 1.54) is 12.7 Å². The number of nitrogens with one attached hydrogen (secondary N) is 1. The van der Waals surface area contributed by atoms with E-state index in [1.807, 2.05) is 37.3 Å². The van der Waals surface area contributed by atoms with E-state index in [9.17, 15) is 8.42 Å². The number of rotatable bonds is 7. The van der Waals surface area contributed by atoms with Crippen LogP contribution in [0.2, 0.25) is 0 Å². The molecule has 1 aromatic heterocycles. The Morgan fingerprint density at radius 1 is 1.17 bits per heavy atom. The molecule has 0 unspecified atom stereocenters. The maximum atomic E-state index is 13.1. The van der Waals surface area contributed by atoms with Crippen LogP contribution >= 0.6 is 0 Å². The summed E-state index contributed by atoms with van der Waals surface area (Å²) in [6.45, 7) is 2.84. The maximum absolute atomic E-state index is 13.1. The normalized spacial score (nSPS) is 14.6. The molecule has 0 saturated heterocycles. The molecule has 1 N–H and O–H groups in total. The fourth-order valence-electron chi connectivity index (χ4n) is 3.79. The zero-order chi connectivity index (χ0) is 20.4. The van der Waals surface area contributed by atoms with Crippen LogP contribution in [-0.4, -0.2) is 28.6 Å². The summed E-state index contributed by atoms with van der Waals surface area (Å²) in [6, 6.07) is 16.8. The third kappa shape index (κ3) is 3.88. The van der Waals surface area contributed by atoms with Gasteiger partial charge in [-0.1, -0.05) is 24.3 Å². The topological polar surface area (TPSA) is 71.8 Å². The number of nitrogens with zero attached hydrogens (tertiary/aromatic N) is 1. The second-order valence-electron chi connectivity index (χ2n) is 7.11. The van der Waals surface area contributed by atoms with E-state index >= 15 is 0 Å². The largest absolute Gasteiger partial charge is 0.495 e. The van der Waals surface area contributed by atoms with Gasteiger partial charge >= 0.3 is 0 Å². The SMILES string of the molecule is COc1ccc(C)cc1S(=O)(=O)NC[C@H](c1ccco1)N1CCc2ccccc21. The number of para-hydroxylation sites is 1. The Morgan fingerprint density at radius 2 is 2.00 bits per heavy atom. The molecule has 0 fully saturated rings. The number of hydrogen-bond donors (Lipinski definition) is 1. The van der Waals surface area contributed by atoms with Crippen LogP contribution in [0.15, 0.2) is 70.2 Å². The van der Waals surface area contributed by atoms with Gasteiger partial charge in [0.25, 0.3) is 0 Å². The molecule has 7 heteroatoms. The van der Waals surface area contributed by atoms with E-state index in [2.05, 4.69) is 21.8 Å². The van der Waals surface area contributed by atoms with Crippen LogP contribution in [-0.2, 0) is 16.4 Å². The molecule has 0 amide bonds. The molecule has 6 nitrogen and oxygen atoms in total. The average molecular weight is 413 g/mol. The van der Waals surface area contributed by atoms with E-state index in [1.54, 1.807) is 18.4 Å². The zero-order valence-electron chi connectivity index (χ0n) is 16.5. The number of hydrogen-bond acceptors (Lipinski definition) is 5. The predicted molar refractivity (Wildman–Crippen MR) is 112 cm³/mol. The number of furan rings is 1. The monoisotopic (exact) mass is 412 g/mol. The van der Waals surface area contributed by atoms with Crippen LogP contribution < -0.4 is 14.4 Å². The third-order valence-electron chi connectivity index (χ3n) is 5.25. The van der Waals surface area contributed by atoms with Crippen molar-refractivity contribution in [2.45, 2.75) is 24.3 Å². The van der Waals surface area contributed by atoms with Crippen LogP contribution in [0.5, 0.6) is 5.75 Å².